The summed E-state index contributed by atoms with van der Waals surface area (Å²) in [5.41, 5.74) is 9.53. The highest BCUT2D eigenvalue weighted by molar-refractivity contribution is 6.04. The molecule has 2 aromatic heterocycles. The van der Waals surface area contributed by atoms with E-state index in [1.54, 1.807) is 43.3 Å². The molecule has 0 aliphatic heterocycles. The molecule has 1 amide bonds. The number of likely N-dealkylation sites (N-methyl/N-ethyl adjacent to an activating group) is 1. The lowest BCUT2D eigenvalue weighted by Crippen LogP contribution is -2.29. The number of benzene rings is 2. The summed E-state index contributed by atoms with van der Waals surface area (Å²) in [7, 11) is 3.31. The van der Waals surface area contributed by atoms with E-state index in [1.807, 2.05) is 18.2 Å². The minimum absolute atomic E-state index is 0.125. The summed E-state index contributed by atoms with van der Waals surface area (Å²) in [6, 6.07) is 12.5. The largest absolute Gasteiger partial charge is 0.396 e. The van der Waals surface area contributed by atoms with Gasteiger partial charge < -0.3 is 25.3 Å². The van der Waals surface area contributed by atoms with Crippen LogP contribution in [-0.2, 0) is 4.74 Å². The predicted octanol–water partition coefficient (Wildman–Crippen LogP) is 2.37. The van der Waals surface area contributed by atoms with Crippen molar-refractivity contribution in [1.29, 1.82) is 0 Å². The molecule has 2 heterocycles. The predicted molar refractivity (Wildman–Crippen MR) is 113 cm³/mol. The Balaban J connectivity index is 1.78. The van der Waals surface area contributed by atoms with Gasteiger partial charge in [0, 0.05) is 37.2 Å². The fourth-order valence-electron chi connectivity index (χ4n) is 3.29. The molecule has 0 unspecified atom stereocenters. The second-order valence-electron chi connectivity index (χ2n) is 6.83. The third kappa shape index (κ3) is 3.34. The Kier molecular flexibility index (Phi) is 4.77. The standard InChI is InChI=1S/C21H21N5O3/c1-26(9-10-29-2)21(28)12-7-8-13-16(11-12)24-18(17(13)22)19-20(27)25-15-6-4-3-5-14(15)23-19/h3-8,11,24H,9-10,22H2,1-2H3,(H,25,27). The Bertz CT molecular complexity index is 1270. The summed E-state index contributed by atoms with van der Waals surface area (Å²) in [4.78, 5) is 37.2. The average molecular weight is 391 g/mol. The number of methoxy groups -OCH3 is 1. The molecule has 0 aliphatic rings. The molecular weight excluding hydrogens is 370 g/mol. The highest BCUT2D eigenvalue weighted by atomic mass is 16.5. The highest BCUT2D eigenvalue weighted by Crippen LogP contribution is 2.31. The number of carbonyl (C=O) groups excluding carboxylic acids is 1. The first kappa shape index (κ1) is 18.7. The van der Waals surface area contributed by atoms with E-state index in [2.05, 4.69) is 15.0 Å². The smallest absolute Gasteiger partial charge is 0.276 e. The van der Waals surface area contributed by atoms with E-state index >= 15 is 0 Å². The fraction of sp³-hybridized carbons (Fsp3) is 0.190. The van der Waals surface area contributed by atoms with Crippen LogP contribution in [0.25, 0.3) is 33.3 Å². The molecule has 0 fully saturated rings. The number of rotatable bonds is 5. The first-order chi connectivity index (χ1) is 14.0. The Morgan fingerprint density at radius 1 is 1.17 bits per heavy atom. The molecule has 8 nitrogen and oxygen atoms in total. The van der Waals surface area contributed by atoms with Gasteiger partial charge in [-0.25, -0.2) is 4.98 Å². The highest BCUT2D eigenvalue weighted by Gasteiger charge is 2.18. The Morgan fingerprint density at radius 3 is 2.76 bits per heavy atom. The van der Waals surface area contributed by atoms with Gasteiger partial charge in [-0.05, 0) is 30.3 Å². The zero-order chi connectivity index (χ0) is 20.5. The maximum absolute atomic E-state index is 12.6. The van der Waals surface area contributed by atoms with E-state index in [0.717, 1.165) is 5.39 Å². The molecule has 0 atom stereocenters. The molecule has 0 bridgehead atoms. The zero-order valence-corrected chi connectivity index (χ0v) is 16.2. The molecule has 0 aliphatic carbocycles. The quantitative estimate of drug-likeness (QED) is 0.483. The third-order valence-electron chi connectivity index (χ3n) is 4.90. The van der Waals surface area contributed by atoms with Crippen LogP contribution in [0, 0.1) is 0 Å². The first-order valence-electron chi connectivity index (χ1n) is 9.14. The number of hydrogen-bond donors (Lipinski definition) is 3. The van der Waals surface area contributed by atoms with E-state index in [9.17, 15) is 9.59 Å². The van der Waals surface area contributed by atoms with Gasteiger partial charge in [0.05, 0.1) is 29.0 Å². The Labute approximate surface area is 166 Å². The SMILES string of the molecule is COCCN(C)C(=O)c1ccc2c(N)c(-c3nc4ccccc4[nH]c3=O)[nH]c2c1. The molecule has 0 radical (unpaired) electrons. The molecule has 2 aromatic carbocycles. The normalized spacial score (nSPS) is 11.2. The van der Waals surface area contributed by atoms with Crippen molar-refractivity contribution in [1.82, 2.24) is 19.9 Å². The molecular formula is C21H21N5O3. The number of nitrogens with one attached hydrogen (secondary N) is 2. The number of nitrogens with two attached hydrogens (primary N) is 1. The summed E-state index contributed by atoms with van der Waals surface area (Å²) < 4.78 is 5.02. The van der Waals surface area contributed by atoms with Crippen molar-refractivity contribution in [3.05, 3.63) is 58.4 Å². The van der Waals surface area contributed by atoms with Crippen LogP contribution in [0.3, 0.4) is 0 Å². The van der Waals surface area contributed by atoms with Crippen LogP contribution in [0.15, 0.2) is 47.3 Å². The van der Waals surface area contributed by atoms with E-state index in [0.29, 0.717) is 46.6 Å². The molecule has 29 heavy (non-hydrogen) atoms. The fourth-order valence-corrected chi connectivity index (χ4v) is 3.29. The molecule has 0 saturated heterocycles. The molecule has 4 aromatic rings. The number of aromatic amines is 2. The van der Waals surface area contributed by atoms with E-state index in [1.165, 1.54) is 0 Å². The summed E-state index contributed by atoms with van der Waals surface area (Å²) in [6.07, 6.45) is 0. The number of para-hydroxylation sites is 2. The third-order valence-corrected chi connectivity index (χ3v) is 4.90. The van der Waals surface area contributed by atoms with Crippen molar-refractivity contribution in [2.24, 2.45) is 0 Å². The lowest BCUT2D eigenvalue weighted by Gasteiger charge is -2.16. The van der Waals surface area contributed by atoms with Crippen LogP contribution < -0.4 is 11.3 Å². The minimum atomic E-state index is -0.336. The van der Waals surface area contributed by atoms with Crippen molar-refractivity contribution in [3.8, 4) is 11.4 Å². The van der Waals surface area contributed by atoms with Crippen LogP contribution in [0.2, 0.25) is 0 Å². The molecule has 0 spiro atoms. The van der Waals surface area contributed by atoms with Gasteiger partial charge in [-0.2, -0.15) is 0 Å². The van der Waals surface area contributed by atoms with Crippen molar-refractivity contribution in [2.75, 3.05) is 33.0 Å². The number of hydrogen-bond acceptors (Lipinski definition) is 5. The van der Waals surface area contributed by atoms with Gasteiger partial charge in [0.2, 0.25) is 0 Å². The van der Waals surface area contributed by atoms with Crippen LogP contribution in [0.4, 0.5) is 5.69 Å². The van der Waals surface area contributed by atoms with E-state index in [4.69, 9.17) is 10.5 Å². The van der Waals surface area contributed by atoms with Crippen LogP contribution in [-0.4, -0.2) is 53.1 Å². The van der Waals surface area contributed by atoms with Gasteiger partial charge in [-0.1, -0.05) is 12.1 Å². The zero-order valence-electron chi connectivity index (χ0n) is 16.2. The average Bonchev–Trinajstić information content (AvgIpc) is 3.06. The molecule has 148 valence electrons. The maximum Gasteiger partial charge on any atom is 0.276 e. The molecule has 0 saturated carbocycles. The van der Waals surface area contributed by atoms with Crippen molar-refractivity contribution in [3.63, 3.8) is 0 Å². The van der Waals surface area contributed by atoms with Gasteiger partial charge in [0.1, 0.15) is 0 Å². The monoisotopic (exact) mass is 391 g/mol. The number of fused-ring (bicyclic) bond motifs is 2. The second kappa shape index (κ2) is 7.40. The van der Waals surface area contributed by atoms with Gasteiger partial charge in [-0.15, -0.1) is 0 Å². The van der Waals surface area contributed by atoms with Crippen LogP contribution >= 0.6 is 0 Å². The van der Waals surface area contributed by atoms with Gasteiger partial charge in [-0.3, -0.25) is 9.59 Å². The van der Waals surface area contributed by atoms with E-state index in [-0.39, 0.29) is 17.2 Å². The number of carbonyl (C=O) groups is 1. The van der Waals surface area contributed by atoms with Crippen molar-refractivity contribution >= 4 is 33.5 Å². The number of amides is 1. The lowest BCUT2D eigenvalue weighted by molar-refractivity contribution is 0.0744. The number of nitrogen functional groups attached to an aromatic ring is 1. The van der Waals surface area contributed by atoms with Crippen LogP contribution in [0.1, 0.15) is 10.4 Å². The summed E-state index contributed by atoms with van der Waals surface area (Å²) >= 11 is 0. The Hall–Kier alpha value is -3.65. The second-order valence-corrected chi connectivity index (χ2v) is 6.83. The number of ether oxygens (including phenoxy) is 1. The number of anilines is 1. The van der Waals surface area contributed by atoms with Crippen molar-refractivity contribution in [2.45, 2.75) is 0 Å². The van der Waals surface area contributed by atoms with Gasteiger partial charge >= 0.3 is 0 Å². The summed E-state index contributed by atoms with van der Waals surface area (Å²) in [5.74, 6) is -0.125. The Morgan fingerprint density at radius 2 is 1.97 bits per heavy atom. The minimum Gasteiger partial charge on any atom is -0.396 e. The maximum atomic E-state index is 12.6. The topological polar surface area (TPSA) is 117 Å². The first-order valence-corrected chi connectivity index (χ1v) is 9.14. The molecule has 4 rings (SSSR count). The summed E-state index contributed by atoms with van der Waals surface area (Å²) in [6.45, 7) is 0.947. The molecule has 8 heteroatoms. The lowest BCUT2D eigenvalue weighted by atomic mass is 10.1. The van der Waals surface area contributed by atoms with Gasteiger partial charge in [0.15, 0.2) is 5.69 Å². The summed E-state index contributed by atoms with van der Waals surface area (Å²) in [5, 5.41) is 0.727. The van der Waals surface area contributed by atoms with Crippen LogP contribution in [0.5, 0.6) is 0 Å². The van der Waals surface area contributed by atoms with E-state index < -0.39 is 0 Å². The number of H-pyrrole nitrogens is 2. The van der Waals surface area contributed by atoms with Gasteiger partial charge in [0.25, 0.3) is 11.5 Å². The van der Waals surface area contributed by atoms with Crippen molar-refractivity contribution < 1.29 is 9.53 Å². The number of nitrogens with zero attached hydrogens (tertiary/aromatic N) is 2. The molecule has 4 N–H and O–H groups in total. The number of aromatic nitrogens is 3.